The summed E-state index contributed by atoms with van der Waals surface area (Å²) in [5.74, 6) is 0. The van der Waals surface area contributed by atoms with Crippen LogP contribution in [0.3, 0.4) is 0 Å². The predicted molar refractivity (Wildman–Crippen MR) is 27.0 cm³/mol. The molecule has 0 heterocycles. The fourth-order valence-electron chi connectivity index (χ4n) is 0. The summed E-state index contributed by atoms with van der Waals surface area (Å²) in [7, 11) is 4.11. The average molecular weight is 102 g/mol. The van der Waals surface area contributed by atoms with Gasteiger partial charge in [0.25, 0.3) is 0 Å². The molecule has 0 aromatic heterocycles. The van der Waals surface area contributed by atoms with Crippen molar-refractivity contribution in [2.24, 2.45) is 0 Å². The van der Waals surface area contributed by atoms with E-state index in [1.807, 2.05) is 0 Å². The maximum Gasteiger partial charge on any atom is 1.00 e. The van der Waals surface area contributed by atoms with E-state index < -0.39 is 0 Å². The molecule has 4 heteroatoms. The molecule has 20 valence electrons. The Balaban J connectivity index is -0.00000000167. The van der Waals surface area contributed by atoms with Gasteiger partial charge in [0, 0.05) is 0 Å². The Kier molecular flexibility index (Phi) is 92.1. The van der Waals surface area contributed by atoms with Gasteiger partial charge in [-0.15, -0.1) is 0 Å². The summed E-state index contributed by atoms with van der Waals surface area (Å²) in [6.45, 7) is 0. The maximum absolute atomic E-state index is 4.11. The Labute approximate surface area is 55.3 Å². The molecule has 0 aliphatic carbocycles. The molecule has 0 saturated carbocycles. The second kappa shape index (κ2) is 21.6. The van der Waals surface area contributed by atoms with E-state index in [9.17, 15) is 0 Å². The van der Waals surface area contributed by atoms with Gasteiger partial charge >= 0.3 is 44.0 Å². The molecule has 0 spiro atoms. The minimum atomic E-state index is 0. The van der Waals surface area contributed by atoms with Crippen molar-refractivity contribution in [2.45, 2.75) is 0 Å². The predicted octanol–water partition coefficient (Wildman–Crippen LogP) is -2.83. The van der Waals surface area contributed by atoms with Crippen molar-refractivity contribution in [1.82, 2.24) is 0 Å². The van der Waals surface area contributed by atoms with E-state index in [1.165, 1.54) is 14.6 Å². The van der Waals surface area contributed by atoms with Crippen LogP contribution in [0.25, 0.3) is 0 Å². The van der Waals surface area contributed by atoms with E-state index in [4.69, 9.17) is 0 Å². The summed E-state index contributed by atoms with van der Waals surface area (Å²) in [6, 6.07) is 0. The van der Waals surface area contributed by atoms with Crippen molar-refractivity contribution < 1.29 is 20.3 Å². The molecule has 0 radical (unpaired) electrons. The normalized spacial score (nSPS) is 0.750. The summed E-state index contributed by atoms with van der Waals surface area (Å²) in [5.41, 5.74) is 0. The Morgan fingerprint density at radius 3 is 1.50 bits per heavy atom. The van der Waals surface area contributed by atoms with Crippen LogP contribution in [0.15, 0.2) is 0 Å². The van der Waals surface area contributed by atoms with Crippen molar-refractivity contribution in [2.75, 3.05) is 0 Å². The van der Waals surface area contributed by atoms with Crippen LogP contribution >= 0.6 is 20.4 Å². The molecule has 0 aliphatic rings. The zero-order chi connectivity index (χ0) is 2.00. The van der Waals surface area contributed by atoms with Gasteiger partial charge in [-0.05, 0) is 0 Å². The van der Waals surface area contributed by atoms with Gasteiger partial charge in [-0.3, -0.25) is 0 Å². The first-order valence-corrected chi connectivity index (χ1v) is 2.60. The largest absolute Gasteiger partial charge is 1.00 e. The van der Waals surface area contributed by atoms with Crippen LogP contribution < -0.4 is 18.9 Å². The van der Waals surface area contributed by atoms with Crippen LogP contribution in [-0.4, -0.2) is 14.6 Å². The number of hydrogen-bond donors (Lipinski definition) is 0. The quantitative estimate of drug-likeness (QED) is 0.235. The fourth-order valence-corrected chi connectivity index (χ4v) is 0. The van der Waals surface area contributed by atoms with Crippen LogP contribution in [0.4, 0.5) is 0 Å². The summed E-state index contributed by atoms with van der Waals surface area (Å²) < 4.78 is 0. The summed E-state index contributed by atoms with van der Waals surface area (Å²) >= 11 is 1.44. The SMILES string of the molecule is P.[AlH]=[S].[H-].[Li+]. The molecular weight excluding hydrogens is 97.0 g/mol. The average Bonchev–Trinajstić information content (AvgIpc) is 1.00. The fraction of sp³-hybridized carbons (Fsp3) is 0. The molecule has 0 aromatic carbocycles. The van der Waals surface area contributed by atoms with Gasteiger partial charge in [0.15, 0.2) is 0 Å². The van der Waals surface area contributed by atoms with E-state index >= 15 is 0 Å². The van der Waals surface area contributed by atoms with E-state index in [0.717, 1.165) is 0 Å². The van der Waals surface area contributed by atoms with Crippen molar-refractivity contribution >= 4 is 35.0 Å². The molecule has 0 aromatic rings. The molecule has 4 heavy (non-hydrogen) atoms. The third-order valence-electron chi connectivity index (χ3n) is 0. The van der Waals surface area contributed by atoms with Crippen LogP contribution in [-0.2, 0) is 0 Å². The molecule has 1 atom stereocenters. The van der Waals surface area contributed by atoms with Gasteiger partial charge in [-0.25, -0.2) is 0 Å². The first-order chi connectivity index (χ1) is 1.00. The van der Waals surface area contributed by atoms with E-state index in [2.05, 4.69) is 10.5 Å². The summed E-state index contributed by atoms with van der Waals surface area (Å²) in [4.78, 5) is 0. The molecule has 0 N–H and O–H groups in total. The maximum atomic E-state index is 4.11. The molecular formula is H5AlLiPS. The first kappa shape index (κ1) is 17.1. The molecule has 0 fully saturated rings. The third-order valence-corrected chi connectivity index (χ3v) is 0. The van der Waals surface area contributed by atoms with Crippen molar-refractivity contribution in [3.8, 4) is 0 Å². The molecule has 1 unspecified atom stereocenters. The van der Waals surface area contributed by atoms with E-state index in [0.29, 0.717) is 0 Å². The monoisotopic (exact) mass is 102 g/mol. The van der Waals surface area contributed by atoms with Gasteiger partial charge in [0.1, 0.15) is 0 Å². The molecule has 0 aliphatic heterocycles. The minimum Gasteiger partial charge on any atom is -1.00 e. The first-order valence-electron chi connectivity index (χ1n) is 0.289. The van der Waals surface area contributed by atoms with E-state index in [1.54, 1.807) is 0 Å². The second-order valence-corrected chi connectivity index (χ2v) is 0. The molecule has 0 rings (SSSR count). The Morgan fingerprint density at radius 2 is 1.50 bits per heavy atom. The van der Waals surface area contributed by atoms with Crippen molar-refractivity contribution in [3.63, 3.8) is 0 Å². The van der Waals surface area contributed by atoms with Crippen LogP contribution in [0, 0.1) is 0 Å². The topological polar surface area (TPSA) is 0 Å². The minimum absolute atomic E-state index is 0. The number of hydrogen-bond acceptors (Lipinski definition) is 1. The van der Waals surface area contributed by atoms with Crippen molar-refractivity contribution in [1.29, 1.82) is 0 Å². The molecule has 0 saturated heterocycles. The summed E-state index contributed by atoms with van der Waals surface area (Å²) in [5, 5.41) is 0. The van der Waals surface area contributed by atoms with Gasteiger partial charge < -0.3 is 1.43 Å². The van der Waals surface area contributed by atoms with Crippen LogP contribution in [0.1, 0.15) is 1.43 Å². The van der Waals surface area contributed by atoms with Gasteiger partial charge in [0.2, 0.25) is 0 Å². The van der Waals surface area contributed by atoms with Crippen LogP contribution in [0.2, 0.25) is 0 Å². The standard InChI is InChI=1S/Al.Li.H3P.S.2H/h;;1H3;;;/q;+1;;;;-1. The molecule has 0 nitrogen and oxygen atoms in total. The second-order valence-electron chi connectivity index (χ2n) is 0. The molecule has 0 amide bonds. The summed E-state index contributed by atoms with van der Waals surface area (Å²) in [6.07, 6.45) is 0. The Bertz CT molecular complexity index is 11.6. The van der Waals surface area contributed by atoms with E-state index in [-0.39, 0.29) is 30.2 Å². The number of rotatable bonds is 0. The zero-order valence-electron chi connectivity index (χ0n) is 3.82. The molecule has 0 bridgehead atoms. The Hall–Kier alpha value is 1.78. The van der Waals surface area contributed by atoms with Gasteiger partial charge in [-0.1, -0.05) is 0 Å². The van der Waals surface area contributed by atoms with Gasteiger partial charge in [0.05, 0.1) is 0 Å². The van der Waals surface area contributed by atoms with Crippen molar-refractivity contribution in [3.05, 3.63) is 0 Å². The Morgan fingerprint density at radius 1 is 1.50 bits per heavy atom. The third kappa shape index (κ3) is 9.22. The van der Waals surface area contributed by atoms with Crippen LogP contribution in [0.5, 0.6) is 0 Å². The zero-order valence-corrected chi connectivity index (χ0v) is 6.47. The van der Waals surface area contributed by atoms with Gasteiger partial charge in [-0.2, -0.15) is 9.90 Å². The smallest absolute Gasteiger partial charge is 1.00 e.